The molecular formula is C19H15FO5. The van der Waals surface area contributed by atoms with E-state index in [-0.39, 0.29) is 19.0 Å². The second-order valence-electron chi connectivity index (χ2n) is 5.48. The van der Waals surface area contributed by atoms with Crippen LogP contribution in [-0.4, -0.2) is 12.6 Å². The summed E-state index contributed by atoms with van der Waals surface area (Å²) in [7, 11) is 0. The monoisotopic (exact) mass is 342 g/mol. The molecule has 0 amide bonds. The zero-order valence-corrected chi connectivity index (χ0v) is 13.5. The van der Waals surface area contributed by atoms with E-state index in [9.17, 15) is 14.0 Å². The van der Waals surface area contributed by atoms with E-state index in [2.05, 4.69) is 0 Å². The molecule has 1 heterocycles. The van der Waals surface area contributed by atoms with Gasteiger partial charge in [0, 0.05) is 17.5 Å². The summed E-state index contributed by atoms with van der Waals surface area (Å²) in [6.45, 7) is 1.56. The first-order valence-electron chi connectivity index (χ1n) is 7.58. The van der Waals surface area contributed by atoms with Gasteiger partial charge in [-0.2, -0.15) is 0 Å². The lowest BCUT2D eigenvalue weighted by atomic mass is 10.1. The molecule has 1 aromatic heterocycles. The average molecular weight is 342 g/mol. The predicted octanol–water partition coefficient (Wildman–Crippen LogP) is 3.36. The molecule has 0 fully saturated rings. The van der Waals surface area contributed by atoms with Crippen molar-refractivity contribution in [3.63, 3.8) is 0 Å². The molecule has 0 radical (unpaired) electrons. The maximum atomic E-state index is 12.8. The van der Waals surface area contributed by atoms with Crippen LogP contribution in [0.2, 0.25) is 0 Å². The van der Waals surface area contributed by atoms with E-state index in [0.29, 0.717) is 16.9 Å². The Labute approximate surface area is 142 Å². The minimum atomic E-state index is -0.560. The molecule has 5 nitrogen and oxygen atoms in total. The van der Waals surface area contributed by atoms with Gasteiger partial charge in [0.15, 0.2) is 6.61 Å². The van der Waals surface area contributed by atoms with Gasteiger partial charge in [0.25, 0.3) is 0 Å². The number of aryl methyl sites for hydroxylation is 1. The molecule has 0 saturated heterocycles. The molecule has 0 spiro atoms. The second kappa shape index (κ2) is 7.17. The summed E-state index contributed by atoms with van der Waals surface area (Å²) < 4.78 is 28.3. The summed E-state index contributed by atoms with van der Waals surface area (Å²) >= 11 is 0. The van der Waals surface area contributed by atoms with E-state index in [4.69, 9.17) is 13.9 Å². The van der Waals surface area contributed by atoms with Crippen molar-refractivity contribution in [1.82, 2.24) is 0 Å². The van der Waals surface area contributed by atoms with Gasteiger partial charge >= 0.3 is 11.6 Å². The first-order valence-corrected chi connectivity index (χ1v) is 7.58. The molecule has 0 N–H and O–H groups in total. The first kappa shape index (κ1) is 16.7. The zero-order chi connectivity index (χ0) is 17.8. The van der Waals surface area contributed by atoms with Crippen LogP contribution in [0.25, 0.3) is 11.0 Å². The highest BCUT2D eigenvalue weighted by Gasteiger charge is 2.08. The summed E-state index contributed by atoms with van der Waals surface area (Å²) in [6, 6.07) is 12.1. The molecule has 0 saturated carbocycles. The number of hydrogen-bond acceptors (Lipinski definition) is 5. The minimum absolute atomic E-state index is 0.0360. The molecule has 0 atom stereocenters. The molecule has 0 unspecified atom stereocenters. The molecule has 2 aromatic carbocycles. The van der Waals surface area contributed by atoms with Gasteiger partial charge in [-0.1, -0.05) is 12.1 Å². The fourth-order valence-electron chi connectivity index (χ4n) is 2.32. The van der Waals surface area contributed by atoms with Gasteiger partial charge in [-0.15, -0.1) is 0 Å². The normalized spacial score (nSPS) is 10.6. The van der Waals surface area contributed by atoms with Gasteiger partial charge in [-0.25, -0.2) is 14.0 Å². The van der Waals surface area contributed by atoms with Crippen molar-refractivity contribution in [2.24, 2.45) is 0 Å². The SMILES string of the molecule is Cc1cc(=O)oc2cc(OCC(=O)OCc3ccc(F)cc3)ccc12. The largest absolute Gasteiger partial charge is 0.482 e. The van der Waals surface area contributed by atoms with Crippen LogP contribution >= 0.6 is 0 Å². The number of halogens is 1. The van der Waals surface area contributed by atoms with Crippen LogP contribution in [-0.2, 0) is 16.1 Å². The van der Waals surface area contributed by atoms with Crippen LogP contribution in [0.1, 0.15) is 11.1 Å². The van der Waals surface area contributed by atoms with Crippen LogP contribution in [0.4, 0.5) is 4.39 Å². The van der Waals surface area contributed by atoms with Gasteiger partial charge in [0.2, 0.25) is 0 Å². The Hall–Kier alpha value is -3.15. The van der Waals surface area contributed by atoms with Gasteiger partial charge in [0.1, 0.15) is 23.8 Å². The number of fused-ring (bicyclic) bond motifs is 1. The molecule has 0 aliphatic rings. The summed E-state index contributed by atoms with van der Waals surface area (Å²) in [5.41, 5.74) is 1.43. The summed E-state index contributed by atoms with van der Waals surface area (Å²) in [6.07, 6.45) is 0. The van der Waals surface area contributed by atoms with E-state index in [1.54, 1.807) is 18.2 Å². The fourth-order valence-corrected chi connectivity index (χ4v) is 2.32. The predicted molar refractivity (Wildman–Crippen MR) is 88.9 cm³/mol. The molecule has 6 heteroatoms. The molecule has 25 heavy (non-hydrogen) atoms. The lowest BCUT2D eigenvalue weighted by Gasteiger charge is -2.08. The summed E-state index contributed by atoms with van der Waals surface area (Å²) in [5.74, 6) is -0.522. The molecule has 0 aliphatic carbocycles. The average Bonchev–Trinajstić information content (AvgIpc) is 2.59. The Balaban J connectivity index is 1.59. The number of benzene rings is 2. The maximum Gasteiger partial charge on any atom is 0.344 e. The van der Waals surface area contributed by atoms with Crippen molar-refractivity contribution < 1.29 is 23.1 Å². The highest BCUT2D eigenvalue weighted by molar-refractivity contribution is 5.81. The summed E-state index contributed by atoms with van der Waals surface area (Å²) in [5, 5.41) is 0.797. The fraction of sp³-hybridized carbons (Fsp3) is 0.158. The highest BCUT2D eigenvalue weighted by atomic mass is 19.1. The highest BCUT2D eigenvalue weighted by Crippen LogP contribution is 2.22. The Morgan fingerprint density at radius 3 is 2.64 bits per heavy atom. The van der Waals surface area contributed by atoms with Crippen LogP contribution in [0.15, 0.2) is 57.7 Å². The van der Waals surface area contributed by atoms with Crippen molar-refractivity contribution in [1.29, 1.82) is 0 Å². The standard InChI is InChI=1S/C19H15FO5/c1-12-8-18(21)25-17-9-15(6-7-16(12)17)23-11-19(22)24-10-13-2-4-14(20)5-3-13/h2-9H,10-11H2,1H3. The minimum Gasteiger partial charge on any atom is -0.482 e. The van der Waals surface area contributed by atoms with Gasteiger partial charge in [-0.05, 0) is 42.3 Å². The third-order valence-corrected chi connectivity index (χ3v) is 3.59. The van der Waals surface area contributed by atoms with Crippen molar-refractivity contribution in [3.05, 3.63) is 75.9 Å². The van der Waals surface area contributed by atoms with E-state index in [0.717, 1.165) is 10.9 Å². The Bertz CT molecular complexity index is 960. The van der Waals surface area contributed by atoms with Gasteiger partial charge in [-0.3, -0.25) is 0 Å². The number of hydrogen-bond donors (Lipinski definition) is 0. The van der Waals surface area contributed by atoms with Gasteiger partial charge in [0.05, 0.1) is 0 Å². The molecule has 3 rings (SSSR count). The van der Waals surface area contributed by atoms with Crippen molar-refractivity contribution in [2.75, 3.05) is 6.61 Å². The molecule has 128 valence electrons. The molecule has 3 aromatic rings. The number of carbonyl (C=O) groups is 1. The third-order valence-electron chi connectivity index (χ3n) is 3.59. The van der Waals surface area contributed by atoms with Crippen molar-refractivity contribution >= 4 is 16.9 Å². The number of rotatable bonds is 5. The van der Waals surface area contributed by atoms with E-state index in [1.165, 1.54) is 30.3 Å². The lowest BCUT2D eigenvalue weighted by molar-refractivity contribution is -0.147. The van der Waals surface area contributed by atoms with Gasteiger partial charge < -0.3 is 13.9 Å². The first-order chi connectivity index (χ1) is 12.0. The van der Waals surface area contributed by atoms with Crippen molar-refractivity contribution in [2.45, 2.75) is 13.5 Å². The van der Waals surface area contributed by atoms with E-state index in [1.807, 2.05) is 6.92 Å². The van der Waals surface area contributed by atoms with E-state index >= 15 is 0 Å². The Morgan fingerprint density at radius 1 is 1.12 bits per heavy atom. The topological polar surface area (TPSA) is 65.7 Å². The van der Waals surface area contributed by atoms with Crippen LogP contribution < -0.4 is 10.4 Å². The van der Waals surface area contributed by atoms with E-state index < -0.39 is 11.6 Å². The van der Waals surface area contributed by atoms with Crippen LogP contribution in [0.3, 0.4) is 0 Å². The zero-order valence-electron chi connectivity index (χ0n) is 13.5. The maximum absolute atomic E-state index is 12.8. The third kappa shape index (κ3) is 4.23. The molecule has 0 bridgehead atoms. The molecule has 0 aliphatic heterocycles. The second-order valence-corrected chi connectivity index (χ2v) is 5.48. The quantitative estimate of drug-likeness (QED) is 0.525. The van der Waals surface area contributed by atoms with Crippen molar-refractivity contribution in [3.8, 4) is 5.75 Å². The number of carbonyl (C=O) groups excluding carboxylic acids is 1. The smallest absolute Gasteiger partial charge is 0.344 e. The Kier molecular flexibility index (Phi) is 4.79. The number of esters is 1. The lowest BCUT2D eigenvalue weighted by Crippen LogP contribution is -2.14. The number of ether oxygens (including phenoxy) is 2. The van der Waals surface area contributed by atoms with Crippen LogP contribution in [0, 0.1) is 12.7 Å². The summed E-state index contributed by atoms with van der Waals surface area (Å²) in [4.78, 5) is 23.2. The van der Waals surface area contributed by atoms with Crippen LogP contribution in [0.5, 0.6) is 5.75 Å². The molecular weight excluding hydrogens is 327 g/mol. The Morgan fingerprint density at radius 2 is 1.88 bits per heavy atom.